The van der Waals surface area contributed by atoms with E-state index in [-0.39, 0.29) is 10.6 Å². The van der Waals surface area contributed by atoms with Crippen molar-refractivity contribution in [2.75, 3.05) is 0 Å². The maximum Gasteiger partial charge on any atom is 0.272 e. The quantitative estimate of drug-likeness (QED) is 0.224. The van der Waals surface area contributed by atoms with Gasteiger partial charge in [-0.3, -0.25) is 10.1 Å². The summed E-state index contributed by atoms with van der Waals surface area (Å²) in [5.41, 5.74) is 4.93. The van der Waals surface area contributed by atoms with Crippen LogP contribution in [0.15, 0.2) is 41.0 Å². The van der Waals surface area contributed by atoms with Gasteiger partial charge in [0.15, 0.2) is 0 Å². The van der Waals surface area contributed by atoms with Crippen molar-refractivity contribution in [1.82, 2.24) is 4.98 Å². The Balaban J connectivity index is 0.00000190. The first kappa shape index (κ1) is 23.6. The Bertz CT molecular complexity index is 863. The van der Waals surface area contributed by atoms with E-state index in [0.717, 1.165) is 27.6 Å². The second-order valence-corrected chi connectivity index (χ2v) is 7.48. The zero-order valence-electron chi connectivity index (χ0n) is 17.8. The van der Waals surface area contributed by atoms with Gasteiger partial charge in [0, 0.05) is 23.4 Å². The second kappa shape index (κ2) is 11.4. The van der Waals surface area contributed by atoms with E-state index in [1.165, 1.54) is 5.57 Å². The van der Waals surface area contributed by atoms with Gasteiger partial charge in [-0.1, -0.05) is 25.5 Å². The van der Waals surface area contributed by atoms with Gasteiger partial charge in [0.1, 0.15) is 6.61 Å². The standard InChI is InChI=1S/C20H24N2O3S.C2H6/c1-13(2)6-7-16(5)25-11-18-12-26-20(21-18)10-17-8-15(4)19(22(23)24)9-14(17)3;1-2/h6-9,12H,10-11H2,1-5H3;1-2H3/b16-7+;. The first-order valence-electron chi connectivity index (χ1n) is 9.38. The molecule has 0 amide bonds. The lowest BCUT2D eigenvalue weighted by atomic mass is 10.0. The number of aromatic nitrogens is 1. The SMILES string of the molecule is CC.CC(C)=C/C=C(\C)OCc1csc(Cc2cc(C)c([N+](=O)[O-])cc2C)n1. The fourth-order valence-corrected chi connectivity index (χ4v) is 3.23. The first-order chi connectivity index (χ1) is 13.3. The Hall–Kier alpha value is -2.47. The normalized spacial score (nSPS) is 10.8. The molecule has 28 heavy (non-hydrogen) atoms. The average molecular weight is 403 g/mol. The maximum atomic E-state index is 11.0. The van der Waals surface area contributed by atoms with Crippen molar-refractivity contribution >= 4 is 17.0 Å². The van der Waals surface area contributed by atoms with Crippen molar-refractivity contribution in [3.05, 3.63) is 78.5 Å². The molecule has 0 N–H and O–H groups in total. The van der Waals surface area contributed by atoms with Gasteiger partial charge in [-0.05, 0) is 57.9 Å². The predicted molar refractivity (Wildman–Crippen MR) is 117 cm³/mol. The van der Waals surface area contributed by atoms with Crippen LogP contribution in [0.2, 0.25) is 0 Å². The molecular formula is C22H30N2O3S. The molecule has 0 bridgehead atoms. The molecule has 0 radical (unpaired) electrons. The highest BCUT2D eigenvalue weighted by molar-refractivity contribution is 7.09. The molecule has 152 valence electrons. The Kier molecular flexibility index (Phi) is 9.59. The minimum absolute atomic E-state index is 0.165. The number of hydrogen-bond donors (Lipinski definition) is 0. The van der Waals surface area contributed by atoms with Crippen LogP contribution in [0.3, 0.4) is 0 Å². The summed E-state index contributed by atoms with van der Waals surface area (Å²) in [6.45, 7) is 14.1. The van der Waals surface area contributed by atoms with Gasteiger partial charge in [-0.2, -0.15) is 0 Å². The maximum absolute atomic E-state index is 11.0. The number of thiazole rings is 1. The molecule has 1 aromatic heterocycles. The Morgan fingerprint density at radius 2 is 1.86 bits per heavy atom. The van der Waals surface area contributed by atoms with E-state index < -0.39 is 0 Å². The molecule has 0 fully saturated rings. The molecule has 6 heteroatoms. The van der Waals surface area contributed by atoms with Gasteiger partial charge in [0.2, 0.25) is 0 Å². The van der Waals surface area contributed by atoms with Crippen molar-refractivity contribution in [2.24, 2.45) is 0 Å². The van der Waals surface area contributed by atoms with E-state index in [1.807, 2.05) is 65.1 Å². The summed E-state index contributed by atoms with van der Waals surface area (Å²) in [4.78, 5) is 15.3. The van der Waals surface area contributed by atoms with E-state index in [0.29, 0.717) is 18.6 Å². The number of allylic oxidation sites excluding steroid dienone is 4. The van der Waals surface area contributed by atoms with Crippen LogP contribution in [0.4, 0.5) is 5.69 Å². The van der Waals surface area contributed by atoms with Crippen molar-refractivity contribution < 1.29 is 9.66 Å². The van der Waals surface area contributed by atoms with Crippen molar-refractivity contribution in [2.45, 2.75) is 61.5 Å². The fraction of sp³-hybridized carbons (Fsp3) is 0.409. The molecule has 0 atom stereocenters. The molecule has 1 heterocycles. The molecule has 0 aliphatic carbocycles. The van der Waals surface area contributed by atoms with Gasteiger partial charge in [-0.25, -0.2) is 4.98 Å². The molecule has 2 rings (SSSR count). The van der Waals surface area contributed by atoms with Gasteiger partial charge in [-0.15, -0.1) is 11.3 Å². The lowest BCUT2D eigenvalue weighted by molar-refractivity contribution is -0.385. The van der Waals surface area contributed by atoms with Gasteiger partial charge in [0.05, 0.1) is 21.4 Å². The zero-order valence-corrected chi connectivity index (χ0v) is 18.6. The summed E-state index contributed by atoms with van der Waals surface area (Å²) >= 11 is 1.58. The largest absolute Gasteiger partial charge is 0.492 e. The smallest absolute Gasteiger partial charge is 0.272 e. The van der Waals surface area contributed by atoms with Crippen LogP contribution in [-0.2, 0) is 17.8 Å². The Morgan fingerprint density at radius 1 is 1.18 bits per heavy atom. The summed E-state index contributed by atoms with van der Waals surface area (Å²) < 4.78 is 5.71. The number of aryl methyl sites for hydroxylation is 2. The van der Waals surface area contributed by atoms with Crippen molar-refractivity contribution in [3.63, 3.8) is 0 Å². The molecule has 0 saturated heterocycles. The molecule has 0 aliphatic rings. The Labute approximate surface area is 171 Å². The second-order valence-electron chi connectivity index (χ2n) is 6.54. The highest BCUT2D eigenvalue weighted by atomic mass is 32.1. The van der Waals surface area contributed by atoms with Crippen molar-refractivity contribution in [3.8, 4) is 0 Å². The van der Waals surface area contributed by atoms with Gasteiger partial charge in [0.25, 0.3) is 5.69 Å². The molecule has 0 aliphatic heterocycles. The summed E-state index contributed by atoms with van der Waals surface area (Å²) in [7, 11) is 0. The van der Waals surface area contributed by atoms with Gasteiger partial charge >= 0.3 is 0 Å². The van der Waals surface area contributed by atoms with Crippen LogP contribution in [0.1, 0.15) is 62.0 Å². The average Bonchev–Trinajstić information content (AvgIpc) is 3.10. The van der Waals surface area contributed by atoms with Crippen LogP contribution >= 0.6 is 11.3 Å². The number of ether oxygens (including phenoxy) is 1. The highest BCUT2D eigenvalue weighted by Gasteiger charge is 2.14. The number of nitro benzene ring substituents is 1. The van der Waals surface area contributed by atoms with Crippen LogP contribution < -0.4 is 0 Å². The predicted octanol–water partition coefficient (Wildman–Crippen LogP) is 6.67. The monoisotopic (exact) mass is 402 g/mol. The number of benzene rings is 1. The molecule has 2 aromatic rings. The summed E-state index contributed by atoms with van der Waals surface area (Å²) in [5, 5.41) is 14.0. The Morgan fingerprint density at radius 3 is 2.46 bits per heavy atom. The number of nitro groups is 1. The minimum atomic E-state index is -0.337. The first-order valence-corrected chi connectivity index (χ1v) is 10.3. The van der Waals surface area contributed by atoms with E-state index in [2.05, 4.69) is 4.98 Å². The number of nitrogens with zero attached hydrogens (tertiary/aromatic N) is 2. The third kappa shape index (κ3) is 7.27. The van der Waals surface area contributed by atoms with E-state index in [4.69, 9.17) is 4.74 Å². The van der Waals surface area contributed by atoms with Crippen molar-refractivity contribution in [1.29, 1.82) is 0 Å². The van der Waals surface area contributed by atoms with Crippen LogP contribution in [0.5, 0.6) is 0 Å². The molecule has 5 nitrogen and oxygen atoms in total. The molecule has 0 spiro atoms. The minimum Gasteiger partial charge on any atom is -0.492 e. The summed E-state index contributed by atoms with van der Waals surface area (Å²) in [6.07, 6.45) is 4.63. The number of hydrogen-bond acceptors (Lipinski definition) is 5. The molecule has 0 saturated carbocycles. The van der Waals surface area contributed by atoms with Gasteiger partial charge < -0.3 is 4.74 Å². The van der Waals surface area contributed by atoms with E-state index in [9.17, 15) is 10.1 Å². The summed E-state index contributed by atoms with van der Waals surface area (Å²) in [6, 6.07) is 3.52. The van der Waals surface area contributed by atoms with E-state index >= 15 is 0 Å². The molecule has 1 aromatic carbocycles. The highest BCUT2D eigenvalue weighted by Crippen LogP contribution is 2.25. The zero-order chi connectivity index (χ0) is 21.3. The van der Waals surface area contributed by atoms with Crippen LogP contribution in [0, 0.1) is 24.0 Å². The lowest BCUT2D eigenvalue weighted by Gasteiger charge is -2.06. The van der Waals surface area contributed by atoms with Crippen LogP contribution in [-0.4, -0.2) is 9.91 Å². The third-order valence-electron chi connectivity index (χ3n) is 3.89. The topological polar surface area (TPSA) is 65.3 Å². The fourth-order valence-electron chi connectivity index (χ4n) is 2.43. The summed E-state index contributed by atoms with van der Waals surface area (Å²) in [5.74, 6) is 0.850. The van der Waals surface area contributed by atoms with Crippen LogP contribution in [0.25, 0.3) is 0 Å². The molecular weight excluding hydrogens is 372 g/mol. The lowest BCUT2D eigenvalue weighted by Crippen LogP contribution is -1.98. The van der Waals surface area contributed by atoms with E-state index in [1.54, 1.807) is 24.3 Å². The molecule has 0 unspecified atom stereocenters. The number of rotatable bonds is 7. The third-order valence-corrected chi connectivity index (χ3v) is 4.79.